The fourth-order valence-corrected chi connectivity index (χ4v) is 4.31. The van der Waals surface area contributed by atoms with Crippen LogP contribution in [0.15, 0.2) is 47.6 Å². The van der Waals surface area contributed by atoms with Crippen molar-refractivity contribution >= 4 is 58.5 Å². The molecular formula is C24H25Cl2N5O4S. The van der Waals surface area contributed by atoms with E-state index in [9.17, 15) is 9.59 Å². The van der Waals surface area contributed by atoms with E-state index in [1.54, 1.807) is 50.6 Å². The number of aromatic nitrogens is 3. The van der Waals surface area contributed by atoms with Gasteiger partial charge < -0.3 is 24.7 Å². The van der Waals surface area contributed by atoms with Crippen molar-refractivity contribution in [3.8, 4) is 11.5 Å². The zero-order valence-electron chi connectivity index (χ0n) is 19.9. The number of methoxy groups -OCH3 is 2. The van der Waals surface area contributed by atoms with Crippen LogP contribution in [0.1, 0.15) is 18.3 Å². The van der Waals surface area contributed by atoms with Crippen LogP contribution in [0.5, 0.6) is 11.5 Å². The molecule has 0 radical (unpaired) electrons. The van der Waals surface area contributed by atoms with E-state index in [4.69, 9.17) is 32.7 Å². The molecule has 3 rings (SSSR count). The molecule has 190 valence electrons. The van der Waals surface area contributed by atoms with Crippen LogP contribution in [0, 0.1) is 0 Å². The van der Waals surface area contributed by atoms with Gasteiger partial charge in [-0.05, 0) is 42.8 Å². The van der Waals surface area contributed by atoms with Gasteiger partial charge in [0.15, 0.2) is 22.5 Å². The van der Waals surface area contributed by atoms with Crippen molar-refractivity contribution in [2.75, 3.05) is 25.3 Å². The number of thioether (sulfide) groups is 1. The average molecular weight is 550 g/mol. The second-order valence-corrected chi connectivity index (χ2v) is 8.97. The Morgan fingerprint density at radius 1 is 1.11 bits per heavy atom. The molecule has 1 heterocycles. The van der Waals surface area contributed by atoms with Gasteiger partial charge in [-0.1, -0.05) is 47.1 Å². The van der Waals surface area contributed by atoms with E-state index >= 15 is 0 Å². The molecule has 3 aromatic rings. The highest BCUT2D eigenvalue weighted by molar-refractivity contribution is 7.99. The summed E-state index contributed by atoms with van der Waals surface area (Å²) in [5.74, 6) is 1.31. The third-order valence-corrected chi connectivity index (χ3v) is 6.71. The predicted octanol–water partition coefficient (Wildman–Crippen LogP) is 4.68. The second kappa shape index (κ2) is 13.2. The van der Waals surface area contributed by atoms with E-state index < -0.39 is 0 Å². The number of hydrogen-bond acceptors (Lipinski definition) is 7. The molecule has 0 aliphatic carbocycles. The second-order valence-electron chi connectivity index (χ2n) is 7.25. The third kappa shape index (κ3) is 7.16. The molecule has 0 saturated heterocycles. The summed E-state index contributed by atoms with van der Waals surface area (Å²) in [5, 5.41) is 15.1. The number of ether oxygens (including phenoxy) is 2. The molecule has 0 bridgehead atoms. The Labute approximate surface area is 223 Å². The predicted molar refractivity (Wildman–Crippen MR) is 142 cm³/mol. The molecule has 0 fully saturated rings. The summed E-state index contributed by atoms with van der Waals surface area (Å²) in [6.07, 6.45) is 3.10. The molecule has 2 amide bonds. The fourth-order valence-electron chi connectivity index (χ4n) is 3.14. The van der Waals surface area contributed by atoms with Gasteiger partial charge in [0.1, 0.15) is 0 Å². The first-order chi connectivity index (χ1) is 17.4. The lowest BCUT2D eigenvalue weighted by atomic mass is 10.2. The number of nitrogens with one attached hydrogen (secondary N) is 2. The van der Waals surface area contributed by atoms with Crippen LogP contribution < -0.4 is 20.1 Å². The maximum Gasteiger partial charge on any atom is 0.244 e. The average Bonchev–Trinajstić information content (AvgIpc) is 3.29. The summed E-state index contributed by atoms with van der Waals surface area (Å²) in [7, 11) is 3.11. The first kappa shape index (κ1) is 27.4. The first-order valence-electron chi connectivity index (χ1n) is 10.8. The van der Waals surface area contributed by atoms with Crippen molar-refractivity contribution in [2.24, 2.45) is 0 Å². The first-order valence-corrected chi connectivity index (χ1v) is 12.6. The molecule has 36 heavy (non-hydrogen) atoms. The molecule has 0 spiro atoms. The van der Waals surface area contributed by atoms with Gasteiger partial charge in [0.2, 0.25) is 11.8 Å². The summed E-state index contributed by atoms with van der Waals surface area (Å²) in [4.78, 5) is 24.7. The van der Waals surface area contributed by atoms with E-state index in [1.165, 1.54) is 17.8 Å². The highest BCUT2D eigenvalue weighted by atomic mass is 35.5. The van der Waals surface area contributed by atoms with E-state index in [0.29, 0.717) is 39.7 Å². The number of anilines is 1. The van der Waals surface area contributed by atoms with Crippen molar-refractivity contribution in [2.45, 2.75) is 25.2 Å². The summed E-state index contributed by atoms with van der Waals surface area (Å²) in [5.41, 5.74) is 1.23. The molecule has 9 nitrogen and oxygen atoms in total. The van der Waals surface area contributed by atoms with E-state index in [0.717, 1.165) is 5.56 Å². The van der Waals surface area contributed by atoms with Gasteiger partial charge in [0.25, 0.3) is 0 Å². The zero-order chi connectivity index (χ0) is 26.1. The molecule has 0 unspecified atom stereocenters. The number of carbonyl (C=O) groups is 2. The number of amides is 2. The minimum Gasteiger partial charge on any atom is -0.493 e. The van der Waals surface area contributed by atoms with Gasteiger partial charge in [-0.2, -0.15) is 0 Å². The van der Waals surface area contributed by atoms with Crippen molar-refractivity contribution in [3.63, 3.8) is 0 Å². The molecular weight excluding hydrogens is 525 g/mol. The lowest BCUT2D eigenvalue weighted by Gasteiger charge is -2.09. The quantitative estimate of drug-likeness (QED) is 0.264. The lowest BCUT2D eigenvalue weighted by molar-refractivity contribution is -0.116. The monoisotopic (exact) mass is 549 g/mol. The lowest BCUT2D eigenvalue weighted by Crippen LogP contribution is -2.22. The summed E-state index contributed by atoms with van der Waals surface area (Å²) >= 11 is 13.3. The minimum absolute atomic E-state index is 0.0986. The van der Waals surface area contributed by atoms with Crippen LogP contribution in [0.2, 0.25) is 10.0 Å². The van der Waals surface area contributed by atoms with Crippen LogP contribution in [-0.4, -0.2) is 46.6 Å². The van der Waals surface area contributed by atoms with E-state index in [-0.39, 0.29) is 29.1 Å². The maximum atomic E-state index is 12.4. The molecule has 2 aromatic carbocycles. The fraction of sp³-hybridized carbons (Fsp3) is 0.250. The van der Waals surface area contributed by atoms with Gasteiger partial charge >= 0.3 is 0 Å². The summed E-state index contributed by atoms with van der Waals surface area (Å²) in [6, 6.07) is 10.4. The Bertz CT molecular complexity index is 1270. The van der Waals surface area contributed by atoms with Gasteiger partial charge in [0, 0.05) is 12.6 Å². The number of benzene rings is 2. The number of rotatable bonds is 11. The molecule has 0 aliphatic rings. The number of carbonyl (C=O) groups excluding carboxylic acids is 2. The standard InChI is InChI=1S/C24H25Cl2N5O4S/c1-4-31-20(13-27-21(32)11-9-15-8-10-18(34-2)19(12-15)35-3)29-30-24(31)36-14-22(33)28-17-7-5-6-16(25)23(17)26/h5-12H,4,13-14H2,1-3H3,(H,27,32)(H,28,33). The summed E-state index contributed by atoms with van der Waals surface area (Å²) < 4.78 is 12.3. The molecule has 1 aromatic heterocycles. The molecule has 12 heteroatoms. The largest absolute Gasteiger partial charge is 0.493 e. The number of hydrogen-bond donors (Lipinski definition) is 2. The Morgan fingerprint density at radius 3 is 2.61 bits per heavy atom. The Kier molecular flexibility index (Phi) is 10.0. The van der Waals surface area contributed by atoms with Crippen molar-refractivity contribution in [1.29, 1.82) is 0 Å². The Balaban J connectivity index is 1.55. The molecule has 0 aliphatic heterocycles. The van der Waals surface area contributed by atoms with Gasteiger partial charge in [-0.15, -0.1) is 10.2 Å². The highest BCUT2D eigenvalue weighted by Crippen LogP contribution is 2.30. The molecule has 0 atom stereocenters. The van der Waals surface area contributed by atoms with Crippen LogP contribution in [-0.2, 0) is 22.7 Å². The van der Waals surface area contributed by atoms with Gasteiger partial charge in [-0.3, -0.25) is 9.59 Å². The SMILES string of the molecule is CCn1c(CNC(=O)C=Cc2ccc(OC)c(OC)c2)nnc1SCC(=O)Nc1cccc(Cl)c1Cl. The van der Waals surface area contributed by atoms with Crippen LogP contribution in [0.3, 0.4) is 0 Å². The van der Waals surface area contributed by atoms with Crippen molar-refractivity contribution < 1.29 is 19.1 Å². The van der Waals surface area contributed by atoms with Crippen molar-refractivity contribution in [1.82, 2.24) is 20.1 Å². The smallest absolute Gasteiger partial charge is 0.244 e. The summed E-state index contributed by atoms with van der Waals surface area (Å²) in [6.45, 7) is 2.69. The molecule has 0 saturated carbocycles. The zero-order valence-corrected chi connectivity index (χ0v) is 22.2. The Morgan fingerprint density at radius 2 is 1.89 bits per heavy atom. The molecule has 2 N–H and O–H groups in total. The van der Waals surface area contributed by atoms with Gasteiger partial charge in [0.05, 0.1) is 42.2 Å². The Hall–Kier alpha value is -3.21. The maximum absolute atomic E-state index is 12.4. The topological polar surface area (TPSA) is 107 Å². The van der Waals surface area contributed by atoms with Crippen LogP contribution in [0.4, 0.5) is 5.69 Å². The number of halogens is 2. The highest BCUT2D eigenvalue weighted by Gasteiger charge is 2.15. The van der Waals surface area contributed by atoms with E-state index in [1.807, 2.05) is 17.6 Å². The minimum atomic E-state index is -0.289. The third-order valence-electron chi connectivity index (χ3n) is 4.92. The van der Waals surface area contributed by atoms with Crippen LogP contribution in [0.25, 0.3) is 6.08 Å². The normalized spacial score (nSPS) is 10.9. The van der Waals surface area contributed by atoms with E-state index in [2.05, 4.69) is 20.8 Å². The number of nitrogens with zero attached hydrogens (tertiary/aromatic N) is 3. The van der Waals surface area contributed by atoms with Crippen LogP contribution >= 0.6 is 35.0 Å². The van der Waals surface area contributed by atoms with Crippen molar-refractivity contribution in [3.05, 3.63) is 63.9 Å². The van der Waals surface area contributed by atoms with Gasteiger partial charge in [-0.25, -0.2) is 0 Å².